The fourth-order valence-corrected chi connectivity index (χ4v) is 2.66. The molecule has 0 aliphatic rings. The molecule has 136 valence electrons. The molecule has 0 atom stereocenters. The second-order valence-electron chi connectivity index (χ2n) is 6.02. The minimum Gasteiger partial charge on any atom is -0.497 e. The number of benzene rings is 2. The zero-order valence-electron chi connectivity index (χ0n) is 14.6. The van der Waals surface area contributed by atoms with Crippen molar-refractivity contribution in [3.63, 3.8) is 0 Å². The molecule has 0 saturated heterocycles. The lowest BCUT2D eigenvalue weighted by Crippen LogP contribution is -2.24. The maximum absolute atomic E-state index is 12.7. The van der Waals surface area contributed by atoms with Crippen LogP contribution in [-0.2, 0) is 12.7 Å². The molecular weight excluding hydrogens is 327 g/mol. The van der Waals surface area contributed by atoms with Gasteiger partial charge in [-0.05, 0) is 48.4 Å². The number of hydrogen-bond acceptors (Lipinski definition) is 2. The molecule has 0 aliphatic carbocycles. The van der Waals surface area contributed by atoms with Crippen molar-refractivity contribution in [1.82, 2.24) is 0 Å². The van der Waals surface area contributed by atoms with E-state index in [1.165, 1.54) is 0 Å². The highest BCUT2D eigenvalue weighted by Gasteiger charge is 2.29. The first-order valence-corrected chi connectivity index (χ1v) is 8.49. The third kappa shape index (κ3) is 5.69. The molecule has 2 nitrogen and oxygen atoms in total. The molecule has 25 heavy (non-hydrogen) atoms. The van der Waals surface area contributed by atoms with Gasteiger partial charge in [0.15, 0.2) is 0 Å². The van der Waals surface area contributed by atoms with Crippen LogP contribution in [0.1, 0.15) is 37.3 Å². The molecule has 2 aromatic rings. The lowest BCUT2D eigenvalue weighted by molar-refractivity contribution is -0.137. The van der Waals surface area contributed by atoms with Crippen molar-refractivity contribution in [2.24, 2.45) is 0 Å². The van der Waals surface area contributed by atoms with Crippen LogP contribution in [0, 0.1) is 0 Å². The topological polar surface area (TPSA) is 12.5 Å². The van der Waals surface area contributed by atoms with Gasteiger partial charge in [-0.15, -0.1) is 0 Å². The number of alkyl halides is 3. The molecule has 0 aliphatic heterocycles. The summed E-state index contributed by atoms with van der Waals surface area (Å²) in [6.45, 7) is 3.59. The van der Waals surface area contributed by atoms with Gasteiger partial charge in [-0.1, -0.05) is 31.9 Å². The standard InChI is InChI=1S/C20H24F3NO/c1-3-4-5-14-24(18-10-12-19(25-2)13-11-18)15-16-6-8-17(9-7-16)20(21,22)23/h6-13H,3-5,14-15H2,1-2H3. The summed E-state index contributed by atoms with van der Waals surface area (Å²) < 4.78 is 43.3. The van der Waals surface area contributed by atoms with Gasteiger partial charge in [0.05, 0.1) is 12.7 Å². The average Bonchev–Trinajstić information content (AvgIpc) is 2.61. The molecule has 2 rings (SSSR count). The van der Waals surface area contributed by atoms with Crippen molar-refractivity contribution < 1.29 is 17.9 Å². The summed E-state index contributed by atoms with van der Waals surface area (Å²) in [6, 6.07) is 13.2. The molecular formula is C20H24F3NO. The van der Waals surface area contributed by atoms with E-state index in [0.717, 1.165) is 54.9 Å². The lowest BCUT2D eigenvalue weighted by Gasteiger charge is -2.25. The fraction of sp³-hybridized carbons (Fsp3) is 0.400. The van der Waals surface area contributed by atoms with Gasteiger partial charge in [-0.3, -0.25) is 0 Å². The Hall–Kier alpha value is -2.17. The summed E-state index contributed by atoms with van der Waals surface area (Å²) >= 11 is 0. The van der Waals surface area contributed by atoms with Gasteiger partial charge in [-0.2, -0.15) is 13.2 Å². The summed E-state index contributed by atoms with van der Waals surface area (Å²) in [5.74, 6) is 0.784. The third-order valence-corrected chi connectivity index (χ3v) is 4.12. The number of nitrogens with zero attached hydrogens (tertiary/aromatic N) is 1. The molecule has 2 aromatic carbocycles. The van der Waals surface area contributed by atoms with Crippen LogP contribution in [0.4, 0.5) is 18.9 Å². The minimum absolute atomic E-state index is 0.578. The average molecular weight is 351 g/mol. The molecule has 0 radical (unpaired) electrons. The Morgan fingerprint density at radius 3 is 2.08 bits per heavy atom. The number of ether oxygens (including phenoxy) is 1. The number of rotatable bonds is 8. The van der Waals surface area contributed by atoms with E-state index in [2.05, 4.69) is 11.8 Å². The van der Waals surface area contributed by atoms with Crippen LogP contribution in [0.2, 0.25) is 0 Å². The molecule has 0 saturated carbocycles. The Morgan fingerprint density at radius 2 is 1.56 bits per heavy atom. The molecule has 0 fully saturated rings. The van der Waals surface area contributed by atoms with E-state index in [4.69, 9.17) is 4.74 Å². The monoisotopic (exact) mass is 351 g/mol. The molecule has 0 unspecified atom stereocenters. The number of unbranched alkanes of at least 4 members (excludes halogenated alkanes) is 2. The second kappa shape index (κ2) is 8.79. The number of halogens is 3. The summed E-state index contributed by atoms with van der Waals surface area (Å²) in [6.07, 6.45) is -1.01. The predicted octanol–water partition coefficient (Wildman–Crippen LogP) is 5.91. The number of methoxy groups -OCH3 is 1. The molecule has 5 heteroatoms. The van der Waals surface area contributed by atoms with Crippen LogP contribution in [-0.4, -0.2) is 13.7 Å². The Kier molecular flexibility index (Phi) is 6.73. The van der Waals surface area contributed by atoms with Gasteiger partial charge in [0.1, 0.15) is 5.75 Å². The first-order valence-electron chi connectivity index (χ1n) is 8.49. The number of anilines is 1. The first kappa shape index (κ1) is 19.2. The molecule has 0 bridgehead atoms. The maximum Gasteiger partial charge on any atom is 0.416 e. The summed E-state index contributed by atoms with van der Waals surface area (Å²) in [5.41, 5.74) is 1.29. The van der Waals surface area contributed by atoms with Crippen LogP contribution in [0.5, 0.6) is 5.75 Å². The van der Waals surface area contributed by atoms with Gasteiger partial charge in [0.2, 0.25) is 0 Å². The van der Waals surface area contributed by atoms with E-state index in [9.17, 15) is 13.2 Å². The van der Waals surface area contributed by atoms with Crippen LogP contribution in [0.3, 0.4) is 0 Å². The summed E-state index contributed by atoms with van der Waals surface area (Å²) in [4.78, 5) is 2.19. The molecule has 0 N–H and O–H groups in total. The van der Waals surface area contributed by atoms with Crippen LogP contribution >= 0.6 is 0 Å². The van der Waals surface area contributed by atoms with E-state index >= 15 is 0 Å². The Morgan fingerprint density at radius 1 is 0.920 bits per heavy atom. The summed E-state index contributed by atoms with van der Waals surface area (Å²) in [7, 11) is 1.62. The lowest BCUT2D eigenvalue weighted by atomic mass is 10.1. The van der Waals surface area contributed by atoms with Crippen LogP contribution in [0.25, 0.3) is 0 Å². The van der Waals surface area contributed by atoms with Crippen LogP contribution in [0.15, 0.2) is 48.5 Å². The van der Waals surface area contributed by atoms with Gasteiger partial charge < -0.3 is 9.64 Å². The van der Waals surface area contributed by atoms with Gasteiger partial charge in [0, 0.05) is 18.8 Å². The van der Waals surface area contributed by atoms with Crippen molar-refractivity contribution in [3.8, 4) is 5.75 Å². The number of hydrogen-bond donors (Lipinski definition) is 0. The highest BCUT2D eigenvalue weighted by molar-refractivity contribution is 5.49. The Balaban J connectivity index is 2.14. The van der Waals surface area contributed by atoms with Crippen molar-refractivity contribution in [3.05, 3.63) is 59.7 Å². The quantitative estimate of drug-likeness (QED) is 0.548. The largest absolute Gasteiger partial charge is 0.497 e. The zero-order chi connectivity index (χ0) is 18.3. The minimum atomic E-state index is -4.30. The SMILES string of the molecule is CCCCCN(Cc1ccc(C(F)(F)F)cc1)c1ccc(OC)cc1. The van der Waals surface area contributed by atoms with E-state index in [1.54, 1.807) is 19.2 Å². The maximum atomic E-state index is 12.7. The van der Waals surface area contributed by atoms with E-state index in [0.29, 0.717) is 6.54 Å². The van der Waals surface area contributed by atoms with Crippen LogP contribution < -0.4 is 9.64 Å². The van der Waals surface area contributed by atoms with E-state index < -0.39 is 11.7 Å². The van der Waals surface area contributed by atoms with E-state index in [-0.39, 0.29) is 0 Å². The normalized spacial score (nSPS) is 11.4. The molecule has 0 aromatic heterocycles. The highest BCUT2D eigenvalue weighted by atomic mass is 19.4. The van der Waals surface area contributed by atoms with Gasteiger partial charge >= 0.3 is 6.18 Å². The molecule has 0 spiro atoms. The summed E-state index contributed by atoms with van der Waals surface area (Å²) in [5, 5.41) is 0. The van der Waals surface area contributed by atoms with E-state index in [1.807, 2.05) is 24.3 Å². The smallest absolute Gasteiger partial charge is 0.416 e. The highest BCUT2D eigenvalue weighted by Crippen LogP contribution is 2.29. The van der Waals surface area contributed by atoms with Crippen molar-refractivity contribution >= 4 is 5.69 Å². The Bertz CT molecular complexity index is 635. The predicted molar refractivity (Wildman–Crippen MR) is 95.0 cm³/mol. The molecule has 0 amide bonds. The molecule has 0 heterocycles. The second-order valence-corrected chi connectivity index (χ2v) is 6.02. The fourth-order valence-electron chi connectivity index (χ4n) is 2.66. The van der Waals surface area contributed by atoms with Gasteiger partial charge in [-0.25, -0.2) is 0 Å². The first-order chi connectivity index (χ1) is 11.9. The van der Waals surface area contributed by atoms with Crippen molar-refractivity contribution in [2.75, 3.05) is 18.6 Å². The third-order valence-electron chi connectivity index (χ3n) is 4.12. The van der Waals surface area contributed by atoms with Crippen molar-refractivity contribution in [2.45, 2.75) is 38.9 Å². The van der Waals surface area contributed by atoms with Crippen molar-refractivity contribution in [1.29, 1.82) is 0 Å². The van der Waals surface area contributed by atoms with Gasteiger partial charge in [0.25, 0.3) is 0 Å². The Labute approximate surface area is 147 Å². The zero-order valence-corrected chi connectivity index (χ0v) is 14.6.